The fraction of sp³-hybridized carbons (Fsp3) is 0.0435. The molecule has 0 amide bonds. The van der Waals surface area contributed by atoms with Crippen molar-refractivity contribution in [2.24, 2.45) is 0 Å². The van der Waals surface area contributed by atoms with Crippen molar-refractivity contribution in [2.45, 2.75) is 0 Å². The van der Waals surface area contributed by atoms with Gasteiger partial charge in [0.15, 0.2) is 0 Å². The van der Waals surface area contributed by atoms with E-state index in [1.165, 1.54) is 0 Å². The number of aromatic nitrogens is 2. The van der Waals surface area contributed by atoms with Gasteiger partial charge in [0.2, 0.25) is 0 Å². The van der Waals surface area contributed by atoms with Crippen LogP contribution < -0.4 is 10.3 Å². The first-order valence-electron chi connectivity index (χ1n) is 8.86. The number of fused-ring (bicyclic) bond motifs is 1. The number of ether oxygens (including phenoxy) is 1. The predicted molar refractivity (Wildman–Crippen MR) is 125 cm³/mol. The Morgan fingerprint density at radius 2 is 1.72 bits per heavy atom. The first-order chi connectivity index (χ1) is 14.1. The molecule has 29 heavy (non-hydrogen) atoms. The number of methoxy groups -OCH3 is 1. The quantitative estimate of drug-likeness (QED) is 0.333. The van der Waals surface area contributed by atoms with Crippen LogP contribution in [0.25, 0.3) is 28.7 Å². The van der Waals surface area contributed by atoms with Crippen LogP contribution in [0, 0.1) is 0 Å². The zero-order valence-electron chi connectivity index (χ0n) is 15.5. The third-order valence-corrected chi connectivity index (χ3v) is 5.66. The van der Waals surface area contributed by atoms with Gasteiger partial charge in [0, 0.05) is 8.95 Å². The molecule has 144 valence electrons. The molecular weight excluding hydrogens is 496 g/mol. The molecule has 0 fully saturated rings. The zero-order chi connectivity index (χ0) is 20.4. The molecule has 0 aliphatic carbocycles. The molecule has 0 aliphatic rings. The molecule has 0 radical (unpaired) electrons. The van der Waals surface area contributed by atoms with E-state index >= 15 is 0 Å². The highest BCUT2D eigenvalue weighted by Crippen LogP contribution is 2.26. The van der Waals surface area contributed by atoms with Crippen molar-refractivity contribution in [3.05, 3.63) is 97.4 Å². The van der Waals surface area contributed by atoms with Crippen LogP contribution in [-0.4, -0.2) is 16.7 Å². The van der Waals surface area contributed by atoms with Gasteiger partial charge in [0.1, 0.15) is 11.6 Å². The van der Waals surface area contributed by atoms with Crippen molar-refractivity contribution in [3.8, 4) is 11.4 Å². The summed E-state index contributed by atoms with van der Waals surface area (Å²) in [6, 6.07) is 20.8. The number of rotatable bonds is 4. The standard InChI is InChI=1S/C23H16Br2N2O2/c1-29-17-10-6-15(7-11-17)8-13-22-26-20-5-3-2-4-18(20)23(28)27(22)21-14-16(24)9-12-19(21)25/h2-14H,1H3/b13-8+. The zero-order valence-corrected chi connectivity index (χ0v) is 18.6. The van der Waals surface area contributed by atoms with Gasteiger partial charge in [-0.05, 0) is 70.0 Å². The molecule has 3 aromatic carbocycles. The molecular formula is C23H16Br2N2O2. The molecule has 1 heterocycles. The summed E-state index contributed by atoms with van der Waals surface area (Å²) in [6.07, 6.45) is 3.78. The molecule has 0 spiro atoms. The second-order valence-electron chi connectivity index (χ2n) is 6.33. The Hall–Kier alpha value is -2.70. The summed E-state index contributed by atoms with van der Waals surface area (Å²) in [5.41, 5.74) is 2.24. The maximum Gasteiger partial charge on any atom is 0.266 e. The van der Waals surface area contributed by atoms with Crippen LogP contribution in [0.4, 0.5) is 0 Å². The Bertz CT molecular complexity index is 1280. The van der Waals surface area contributed by atoms with Crippen molar-refractivity contribution >= 4 is 54.9 Å². The number of para-hydroxylation sites is 1. The van der Waals surface area contributed by atoms with Crippen LogP contribution >= 0.6 is 31.9 Å². The Labute approximate surface area is 184 Å². The van der Waals surface area contributed by atoms with Crippen LogP contribution in [0.15, 0.2) is 80.5 Å². The van der Waals surface area contributed by atoms with E-state index in [0.717, 1.165) is 25.9 Å². The van der Waals surface area contributed by atoms with E-state index in [0.29, 0.717) is 16.7 Å². The Kier molecular flexibility index (Phi) is 5.65. The number of halogens is 2. The third kappa shape index (κ3) is 4.04. The Balaban J connectivity index is 1.93. The lowest BCUT2D eigenvalue weighted by atomic mass is 10.2. The van der Waals surface area contributed by atoms with Crippen LogP contribution in [0.3, 0.4) is 0 Å². The molecule has 4 nitrogen and oxygen atoms in total. The van der Waals surface area contributed by atoms with Crippen LogP contribution in [0.1, 0.15) is 11.4 Å². The van der Waals surface area contributed by atoms with E-state index in [9.17, 15) is 4.79 Å². The van der Waals surface area contributed by atoms with Gasteiger partial charge >= 0.3 is 0 Å². The summed E-state index contributed by atoms with van der Waals surface area (Å²) in [4.78, 5) is 18.1. The van der Waals surface area contributed by atoms with Gasteiger partial charge in [-0.15, -0.1) is 0 Å². The highest BCUT2D eigenvalue weighted by molar-refractivity contribution is 9.11. The Morgan fingerprint density at radius 3 is 2.48 bits per heavy atom. The molecule has 0 N–H and O–H groups in total. The summed E-state index contributed by atoms with van der Waals surface area (Å²) in [6.45, 7) is 0. The van der Waals surface area contributed by atoms with Gasteiger partial charge in [0.05, 0.1) is 23.7 Å². The molecule has 4 aromatic rings. The van der Waals surface area contributed by atoms with Crippen LogP contribution in [0.5, 0.6) is 5.75 Å². The summed E-state index contributed by atoms with van der Waals surface area (Å²) in [7, 11) is 1.64. The van der Waals surface area contributed by atoms with Gasteiger partial charge in [-0.3, -0.25) is 9.36 Å². The smallest absolute Gasteiger partial charge is 0.266 e. The summed E-state index contributed by atoms with van der Waals surface area (Å²) in [5.74, 6) is 1.34. The summed E-state index contributed by atoms with van der Waals surface area (Å²) < 4.78 is 8.51. The minimum absolute atomic E-state index is 0.121. The second-order valence-corrected chi connectivity index (χ2v) is 8.10. The lowest BCUT2D eigenvalue weighted by Crippen LogP contribution is -2.22. The monoisotopic (exact) mass is 510 g/mol. The van der Waals surface area contributed by atoms with Crippen molar-refractivity contribution in [2.75, 3.05) is 7.11 Å². The van der Waals surface area contributed by atoms with E-state index in [2.05, 4.69) is 31.9 Å². The maximum absolute atomic E-state index is 13.3. The fourth-order valence-electron chi connectivity index (χ4n) is 3.04. The highest BCUT2D eigenvalue weighted by atomic mass is 79.9. The summed E-state index contributed by atoms with van der Waals surface area (Å²) >= 11 is 7.06. The van der Waals surface area contributed by atoms with Crippen molar-refractivity contribution in [3.63, 3.8) is 0 Å². The van der Waals surface area contributed by atoms with E-state index in [1.807, 2.05) is 72.8 Å². The highest BCUT2D eigenvalue weighted by Gasteiger charge is 2.13. The number of nitrogens with zero attached hydrogens (tertiary/aromatic N) is 2. The molecule has 1 aromatic heterocycles. The van der Waals surface area contributed by atoms with Crippen molar-refractivity contribution in [1.82, 2.24) is 9.55 Å². The van der Waals surface area contributed by atoms with Gasteiger partial charge in [0.25, 0.3) is 5.56 Å². The maximum atomic E-state index is 13.3. The molecule has 0 aliphatic heterocycles. The van der Waals surface area contributed by atoms with Crippen molar-refractivity contribution < 1.29 is 4.74 Å². The van der Waals surface area contributed by atoms with Gasteiger partial charge < -0.3 is 4.74 Å². The van der Waals surface area contributed by atoms with Crippen LogP contribution in [-0.2, 0) is 0 Å². The predicted octanol–water partition coefficient (Wildman–Crippen LogP) is 6.09. The molecule has 0 saturated carbocycles. The fourth-order valence-corrected chi connectivity index (χ4v) is 3.81. The van der Waals surface area contributed by atoms with Gasteiger partial charge in [-0.1, -0.05) is 46.3 Å². The normalized spacial score (nSPS) is 11.3. The first kappa shape index (κ1) is 19.6. The van der Waals surface area contributed by atoms with Gasteiger partial charge in [-0.25, -0.2) is 4.98 Å². The number of benzene rings is 3. The number of hydrogen-bond acceptors (Lipinski definition) is 3. The average Bonchev–Trinajstić information content (AvgIpc) is 2.75. The average molecular weight is 512 g/mol. The van der Waals surface area contributed by atoms with E-state index in [-0.39, 0.29) is 5.56 Å². The largest absolute Gasteiger partial charge is 0.497 e. The minimum atomic E-state index is -0.121. The first-order valence-corrected chi connectivity index (χ1v) is 10.4. The molecule has 0 unspecified atom stereocenters. The molecule has 0 bridgehead atoms. The molecule has 0 atom stereocenters. The molecule has 6 heteroatoms. The molecule has 4 rings (SSSR count). The van der Waals surface area contributed by atoms with Gasteiger partial charge in [-0.2, -0.15) is 0 Å². The number of hydrogen-bond donors (Lipinski definition) is 0. The van der Waals surface area contributed by atoms with Crippen LogP contribution in [0.2, 0.25) is 0 Å². The topological polar surface area (TPSA) is 44.1 Å². The second kappa shape index (κ2) is 8.35. The lowest BCUT2D eigenvalue weighted by Gasteiger charge is -2.13. The Morgan fingerprint density at radius 1 is 0.966 bits per heavy atom. The lowest BCUT2D eigenvalue weighted by molar-refractivity contribution is 0.415. The van der Waals surface area contributed by atoms with Crippen molar-refractivity contribution in [1.29, 1.82) is 0 Å². The summed E-state index contributed by atoms with van der Waals surface area (Å²) in [5, 5.41) is 0.570. The van der Waals surface area contributed by atoms with E-state index < -0.39 is 0 Å². The minimum Gasteiger partial charge on any atom is -0.497 e. The SMILES string of the molecule is COc1ccc(/C=C/c2nc3ccccc3c(=O)n2-c2cc(Br)ccc2Br)cc1. The molecule has 0 saturated heterocycles. The van der Waals surface area contributed by atoms with E-state index in [1.54, 1.807) is 17.7 Å². The van der Waals surface area contributed by atoms with E-state index in [4.69, 9.17) is 9.72 Å². The third-order valence-electron chi connectivity index (χ3n) is 4.49.